The minimum atomic E-state index is -1.01. The summed E-state index contributed by atoms with van der Waals surface area (Å²) in [5.74, 6) is -1.48. The van der Waals surface area contributed by atoms with Gasteiger partial charge >= 0.3 is 12.1 Å². The number of rotatable bonds is 13. The van der Waals surface area contributed by atoms with Crippen molar-refractivity contribution in [2.75, 3.05) is 46.9 Å². The Balaban J connectivity index is 1.18. The van der Waals surface area contributed by atoms with Gasteiger partial charge in [0.05, 0.1) is 25.6 Å². The van der Waals surface area contributed by atoms with E-state index in [0.29, 0.717) is 36.1 Å². The number of likely N-dealkylation sites (tertiary alicyclic amines) is 2. The number of likely N-dealkylation sites (N-methyl/N-ethyl adjacent to an activating group) is 1. The Morgan fingerprint density at radius 1 is 1.17 bits per heavy atom. The third-order valence-electron chi connectivity index (χ3n) is 11.6. The minimum absolute atomic E-state index is 0.0812. The zero-order valence-corrected chi connectivity index (χ0v) is 30.4. The SMILES string of the molecule is COc1ccc2c3c1O[C@H]1C(OC(=O)N4CCC(C(=O)O)CC4CNC(=O)[C@H](CCCNC(=N)N)NC(=O)CNC(C)=O)=CC[C@H]4[C@@H](C2)N(C)CC[C@]314. The number of benzene rings is 1. The number of piperidine rings is 2. The summed E-state index contributed by atoms with van der Waals surface area (Å²) in [7, 11) is 3.77. The second kappa shape index (κ2) is 15.5. The number of carbonyl (C=O) groups is 5. The lowest BCUT2D eigenvalue weighted by molar-refractivity contribution is -0.144. The van der Waals surface area contributed by atoms with E-state index in [0.717, 1.165) is 24.9 Å². The molecule has 5 aliphatic rings. The van der Waals surface area contributed by atoms with E-state index in [4.69, 9.17) is 25.4 Å². The zero-order chi connectivity index (χ0) is 38.0. The molecule has 3 aliphatic heterocycles. The summed E-state index contributed by atoms with van der Waals surface area (Å²) in [4.78, 5) is 67.4. The van der Waals surface area contributed by atoms with Gasteiger partial charge < -0.3 is 56.1 Å². The number of ether oxygens (including phenoxy) is 3. The number of guanidine groups is 1. The molecule has 8 N–H and O–H groups in total. The first kappa shape index (κ1) is 37.7. The van der Waals surface area contributed by atoms with Crippen molar-refractivity contribution in [2.45, 2.75) is 81.5 Å². The highest BCUT2D eigenvalue weighted by molar-refractivity contribution is 5.90. The first-order chi connectivity index (χ1) is 25.3. The molecule has 2 aliphatic carbocycles. The van der Waals surface area contributed by atoms with Crippen LogP contribution in [0.1, 0.15) is 56.6 Å². The molecule has 2 bridgehead atoms. The number of nitrogens with two attached hydrogens (primary N) is 1. The number of hydrogen-bond donors (Lipinski definition) is 7. The number of nitrogens with zero attached hydrogens (tertiary/aromatic N) is 2. The van der Waals surface area contributed by atoms with Gasteiger partial charge in [-0.05, 0) is 82.2 Å². The van der Waals surface area contributed by atoms with Crippen LogP contribution >= 0.6 is 0 Å². The summed E-state index contributed by atoms with van der Waals surface area (Å²) in [5, 5.41) is 27.7. The molecule has 288 valence electrons. The van der Waals surface area contributed by atoms with Gasteiger partial charge in [0.1, 0.15) is 11.8 Å². The molecule has 0 saturated carbocycles. The molecule has 3 heterocycles. The predicted octanol–water partition coefficient (Wildman–Crippen LogP) is 0.160. The molecule has 6 rings (SSSR count). The summed E-state index contributed by atoms with van der Waals surface area (Å²) in [6.45, 7) is 2.09. The largest absolute Gasteiger partial charge is 0.493 e. The number of carboxylic acid groups (broad SMARTS) is 1. The molecule has 17 heteroatoms. The number of nitrogens with one attached hydrogen (secondary N) is 5. The van der Waals surface area contributed by atoms with E-state index in [2.05, 4.69) is 39.3 Å². The van der Waals surface area contributed by atoms with E-state index in [1.165, 1.54) is 17.4 Å². The molecule has 1 aromatic carbocycles. The second-order valence-electron chi connectivity index (χ2n) is 14.7. The lowest BCUT2D eigenvalue weighted by atomic mass is 9.53. The van der Waals surface area contributed by atoms with Crippen LogP contribution in [0.5, 0.6) is 11.5 Å². The van der Waals surface area contributed by atoms with Crippen LogP contribution in [-0.2, 0) is 35.8 Å². The maximum absolute atomic E-state index is 14.1. The fourth-order valence-electron chi connectivity index (χ4n) is 9.02. The van der Waals surface area contributed by atoms with E-state index >= 15 is 0 Å². The molecule has 53 heavy (non-hydrogen) atoms. The molecule has 1 spiro atoms. The van der Waals surface area contributed by atoms with Gasteiger partial charge in [0.2, 0.25) is 17.7 Å². The van der Waals surface area contributed by atoms with Gasteiger partial charge in [-0.3, -0.25) is 24.6 Å². The number of carbonyl (C=O) groups excluding carboxylic acids is 4. The fraction of sp³-hybridized carbons (Fsp3) is 0.611. The van der Waals surface area contributed by atoms with E-state index in [9.17, 15) is 29.1 Å². The number of amides is 4. The number of methoxy groups -OCH3 is 1. The lowest BCUT2D eigenvalue weighted by Gasteiger charge is -2.56. The van der Waals surface area contributed by atoms with E-state index in [1.54, 1.807) is 7.11 Å². The fourth-order valence-corrected chi connectivity index (χ4v) is 9.02. The maximum atomic E-state index is 14.1. The van der Waals surface area contributed by atoms with Crippen LogP contribution in [-0.4, -0.2) is 122 Å². The van der Waals surface area contributed by atoms with Gasteiger partial charge in [0, 0.05) is 43.6 Å². The standard InChI is InChI=1S/C36H50N8O9/c1-19(45)40-18-28(46)42-24(5-4-12-39-34(37)38)32(47)41-17-22-15-21(33(48)49)10-13-44(22)35(50)52-27-9-7-23-25-16-20-6-8-26(51-3)30-29(20)36(23,31(27)53-30)11-14-43(25)2/h6,8-9,21-25,31H,4-5,7,10-18H2,1-3H3,(H,40,45)(H,41,47)(H,42,46)(H,48,49)(H4,37,38,39)/t21?,22?,23-,24-,25+,31-,36-/m0/s1. The Labute approximate surface area is 307 Å². The molecule has 17 nitrogen and oxygen atoms in total. The molecule has 2 unspecified atom stereocenters. The van der Waals surface area contributed by atoms with Crippen LogP contribution < -0.4 is 36.5 Å². The summed E-state index contributed by atoms with van der Waals surface area (Å²) in [5.41, 5.74) is 7.34. The summed E-state index contributed by atoms with van der Waals surface area (Å²) >= 11 is 0. The van der Waals surface area contributed by atoms with Crippen molar-refractivity contribution in [3.05, 3.63) is 35.1 Å². The summed E-state index contributed by atoms with van der Waals surface area (Å²) in [6.07, 6.45) is 4.02. The normalized spacial score (nSPS) is 27.2. The van der Waals surface area contributed by atoms with Crippen molar-refractivity contribution in [3.8, 4) is 11.5 Å². The monoisotopic (exact) mass is 738 g/mol. The topological polar surface area (TPSA) is 238 Å². The second-order valence-corrected chi connectivity index (χ2v) is 14.7. The molecule has 0 radical (unpaired) electrons. The lowest BCUT2D eigenvalue weighted by Crippen LogP contribution is -2.63. The Morgan fingerprint density at radius 3 is 2.68 bits per heavy atom. The molecule has 0 aromatic heterocycles. The Morgan fingerprint density at radius 2 is 1.96 bits per heavy atom. The van der Waals surface area contributed by atoms with Crippen molar-refractivity contribution < 1.29 is 43.3 Å². The van der Waals surface area contributed by atoms with Crippen molar-refractivity contribution in [3.63, 3.8) is 0 Å². The highest BCUT2D eigenvalue weighted by Gasteiger charge is 2.65. The Kier molecular flexibility index (Phi) is 11.0. The molecule has 7 atom stereocenters. The van der Waals surface area contributed by atoms with Crippen LogP contribution in [0.25, 0.3) is 0 Å². The van der Waals surface area contributed by atoms with Crippen molar-refractivity contribution in [2.24, 2.45) is 17.6 Å². The van der Waals surface area contributed by atoms with E-state index in [1.807, 2.05) is 12.1 Å². The zero-order valence-electron chi connectivity index (χ0n) is 30.4. The Hall–Kier alpha value is -5.06. The molecular weight excluding hydrogens is 688 g/mol. The highest BCUT2D eigenvalue weighted by Crippen LogP contribution is 2.63. The number of carboxylic acids is 1. The van der Waals surface area contributed by atoms with Crippen molar-refractivity contribution in [1.29, 1.82) is 5.41 Å². The van der Waals surface area contributed by atoms with Crippen LogP contribution in [0.15, 0.2) is 24.0 Å². The molecular formula is C36H50N8O9. The first-order valence-electron chi connectivity index (χ1n) is 18.2. The molecule has 1 aromatic rings. The van der Waals surface area contributed by atoms with Gasteiger partial charge in [0.25, 0.3) is 0 Å². The molecule has 2 fully saturated rings. The first-order valence-corrected chi connectivity index (χ1v) is 18.2. The summed E-state index contributed by atoms with van der Waals surface area (Å²) < 4.78 is 18.7. The van der Waals surface area contributed by atoms with E-state index < -0.39 is 53.9 Å². The third kappa shape index (κ3) is 7.43. The molecule has 4 amide bonds. The van der Waals surface area contributed by atoms with Gasteiger partial charge in [-0.15, -0.1) is 0 Å². The van der Waals surface area contributed by atoms with Crippen LogP contribution in [0, 0.1) is 17.2 Å². The third-order valence-corrected chi connectivity index (χ3v) is 11.6. The number of aliphatic carboxylic acids is 1. The average molecular weight is 739 g/mol. The van der Waals surface area contributed by atoms with Gasteiger partial charge in [0.15, 0.2) is 23.6 Å². The van der Waals surface area contributed by atoms with Crippen LogP contribution in [0.4, 0.5) is 4.79 Å². The Bertz CT molecular complexity index is 1690. The van der Waals surface area contributed by atoms with Gasteiger partial charge in [-0.2, -0.15) is 0 Å². The van der Waals surface area contributed by atoms with Gasteiger partial charge in [-0.25, -0.2) is 4.79 Å². The smallest absolute Gasteiger partial charge is 0.415 e. The van der Waals surface area contributed by atoms with Crippen molar-refractivity contribution >= 4 is 35.7 Å². The highest BCUT2D eigenvalue weighted by atomic mass is 16.6. The van der Waals surface area contributed by atoms with Crippen LogP contribution in [0.3, 0.4) is 0 Å². The van der Waals surface area contributed by atoms with Crippen LogP contribution in [0.2, 0.25) is 0 Å². The quantitative estimate of drug-likeness (QED) is 0.0814. The maximum Gasteiger partial charge on any atom is 0.415 e. The number of allylic oxidation sites excluding steroid dienone is 1. The van der Waals surface area contributed by atoms with Gasteiger partial charge in [-0.1, -0.05) is 6.07 Å². The van der Waals surface area contributed by atoms with Crippen molar-refractivity contribution in [1.82, 2.24) is 31.1 Å². The number of hydrogen-bond acceptors (Lipinski definition) is 10. The average Bonchev–Trinajstić information content (AvgIpc) is 3.48. The summed E-state index contributed by atoms with van der Waals surface area (Å²) in [6, 6.07) is 2.62. The predicted molar refractivity (Wildman–Crippen MR) is 190 cm³/mol. The van der Waals surface area contributed by atoms with E-state index in [-0.39, 0.29) is 62.7 Å². The minimum Gasteiger partial charge on any atom is -0.493 e. The molecule has 2 saturated heterocycles.